The predicted molar refractivity (Wildman–Crippen MR) is 77.2 cm³/mol. The number of carbonyl (C=O) groups is 1. The summed E-state index contributed by atoms with van der Waals surface area (Å²) in [4.78, 5) is 14.5. The molecule has 2 fully saturated rings. The van der Waals surface area contributed by atoms with Crippen molar-refractivity contribution in [3.05, 3.63) is 35.4 Å². The third-order valence-electron chi connectivity index (χ3n) is 4.22. The molecule has 108 valence electrons. The molecule has 1 heterocycles. The van der Waals surface area contributed by atoms with Crippen molar-refractivity contribution in [2.75, 3.05) is 19.8 Å². The number of carbonyl (C=O) groups excluding carboxylic acids is 1. The van der Waals surface area contributed by atoms with E-state index in [0.717, 1.165) is 18.4 Å². The fraction of sp³-hybridized carbons (Fsp3) is 0.562. The lowest BCUT2D eigenvalue weighted by Gasteiger charge is -2.24. The highest BCUT2D eigenvalue weighted by Crippen LogP contribution is 2.45. The van der Waals surface area contributed by atoms with Crippen LogP contribution in [0.3, 0.4) is 0 Å². The predicted octanol–water partition coefficient (Wildman–Crippen LogP) is 1.99. The van der Waals surface area contributed by atoms with Crippen molar-refractivity contribution in [1.29, 1.82) is 0 Å². The molecule has 1 atom stereocenters. The van der Waals surface area contributed by atoms with Gasteiger partial charge in [0.15, 0.2) is 0 Å². The van der Waals surface area contributed by atoms with Crippen LogP contribution in [0.4, 0.5) is 0 Å². The molecule has 0 radical (unpaired) electrons. The Morgan fingerprint density at radius 3 is 2.65 bits per heavy atom. The van der Waals surface area contributed by atoms with Crippen LogP contribution >= 0.6 is 0 Å². The Labute approximate surface area is 120 Å². The second kappa shape index (κ2) is 5.19. The Balaban J connectivity index is 1.79. The molecular formula is C16H22N2O2. The van der Waals surface area contributed by atoms with Gasteiger partial charge < -0.3 is 9.64 Å². The minimum absolute atomic E-state index is 0.00828. The smallest absolute Gasteiger partial charge is 0.244 e. The van der Waals surface area contributed by atoms with E-state index in [4.69, 9.17) is 4.74 Å². The Hall–Kier alpha value is -1.39. The summed E-state index contributed by atoms with van der Waals surface area (Å²) in [5, 5.41) is 3.52. The van der Waals surface area contributed by atoms with E-state index in [0.29, 0.717) is 19.8 Å². The van der Waals surface area contributed by atoms with Crippen LogP contribution in [0.5, 0.6) is 0 Å². The molecule has 1 aromatic carbocycles. The van der Waals surface area contributed by atoms with Crippen LogP contribution in [0, 0.1) is 6.92 Å². The summed E-state index contributed by atoms with van der Waals surface area (Å²) in [5.74, 6) is 0.239. The molecule has 1 spiro atoms. The van der Waals surface area contributed by atoms with Gasteiger partial charge in [-0.3, -0.25) is 10.1 Å². The number of amides is 1. The van der Waals surface area contributed by atoms with Gasteiger partial charge in [0.1, 0.15) is 11.7 Å². The van der Waals surface area contributed by atoms with Gasteiger partial charge in [0.05, 0.1) is 6.61 Å². The number of nitrogens with zero attached hydrogens (tertiary/aromatic N) is 1. The molecule has 4 heteroatoms. The van der Waals surface area contributed by atoms with Gasteiger partial charge in [0, 0.05) is 13.2 Å². The maximum atomic E-state index is 12.5. The monoisotopic (exact) mass is 274 g/mol. The van der Waals surface area contributed by atoms with Crippen molar-refractivity contribution in [2.24, 2.45) is 0 Å². The fourth-order valence-electron chi connectivity index (χ4n) is 2.83. The molecule has 2 aliphatic rings. The normalized spacial score (nSPS) is 23.6. The minimum Gasteiger partial charge on any atom is -0.380 e. The first-order chi connectivity index (χ1) is 9.66. The summed E-state index contributed by atoms with van der Waals surface area (Å²) in [5.41, 5.74) is 2.12. The van der Waals surface area contributed by atoms with E-state index in [9.17, 15) is 4.79 Å². The lowest BCUT2D eigenvalue weighted by molar-refractivity contribution is -0.131. The van der Waals surface area contributed by atoms with Gasteiger partial charge in [-0.25, -0.2) is 0 Å². The SMILES string of the molecule is CCOCCN1C(=O)C2(CC2)NC1c1ccc(C)cc1. The van der Waals surface area contributed by atoms with Gasteiger partial charge in [0.25, 0.3) is 0 Å². The molecular weight excluding hydrogens is 252 g/mol. The number of ether oxygens (including phenoxy) is 1. The Morgan fingerprint density at radius 1 is 1.35 bits per heavy atom. The van der Waals surface area contributed by atoms with Crippen LogP contribution in [-0.2, 0) is 9.53 Å². The van der Waals surface area contributed by atoms with Crippen LogP contribution in [-0.4, -0.2) is 36.1 Å². The summed E-state index contributed by atoms with van der Waals surface area (Å²) < 4.78 is 5.41. The van der Waals surface area contributed by atoms with Gasteiger partial charge in [-0.05, 0) is 32.3 Å². The fourth-order valence-corrected chi connectivity index (χ4v) is 2.83. The first-order valence-electron chi connectivity index (χ1n) is 7.39. The number of rotatable bonds is 5. The quantitative estimate of drug-likeness (QED) is 0.835. The van der Waals surface area contributed by atoms with Crippen molar-refractivity contribution >= 4 is 5.91 Å². The zero-order valence-electron chi connectivity index (χ0n) is 12.2. The third kappa shape index (κ3) is 2.34. The van der Waals surface area contributed by atoms with E-state index >= 15 is 0 Å². The average Bonchev–Trinajstić information content (AvgIpc) is 3.18. The van der Waals surface area contributed by atoms with Gasteiger partial charge in [-0.2, -0.15) is 0 Å². The minimum atomic E-state index is -0.276. The van der Waals surface area contributed by atoms with Gasteiger partial charge in [-0.1, -0.05) is 29.8 Å². The summed E-state index contributed by atoms with van der Waals surface area (Å²) in [7, 11) is 0. The van der Waals surface area contributed by atoms with Gasteiger partial charge >= 0.3 is 0 Å². The largest absolute Gasteiger partial charge is 0.380 e. The van der Waals surface area contributed by atoms with E-state index in [2.05, 4.69) is 36.5 Å². The standard InChI is InChI=1S/C16H22N2O2/c1-3-20-11-10-18-14(13-6-4-12(2)5-7-13)17-16(8-9-16)15(18)19/h4-7,14,17H,3,8-11H2,1-2H3. The first-order valence-corrected chi connectivity index (χ1v) is 7.39. The van der Waals surface area contributed by atoms with Crippen LogP contribution < -0.4 is 5.32 Å². The molecule has 0 bridgehead atoms. The molecule has 1 aliphatic carbocycles. The molecule has 3 rings (SSSR count). The summed E-state index contributed by atoms with van der Waals surface area (Å²) >= 11 is 0. The summed E-state index contributed by atoms with van der Waals surface area (Å²) in [6.07, 6.45) is 1.91. The third-order valence-corrected chi connectivity index (χ3v) is 4.22. The van der Waals surface area contributed by atoms with Crippen molar-refractivity contribution in [3.63, 3.8) is 0 Å². The number of hydrogen-bond acceptors (Lipinski definition) is 3. The molecule has 1 aliphatic heterocycles. The van der Waals surface area contributed by atoms with E-state index in [1.54, 1.807) is 0 Å². The lowest BCUT2D eigenvalue weighted by atomic mass is 10.1. The van der Waals surface area contributed by atoms with E-state index in [-0.39, 0.29) is 17.6 Å². The summed E-state index contributed by atoms with van der Waals surface area (Å²) in [6.45, 7) is 5.99. The van der Waals surface area contributed by atoms with Crippen LogP contribution in [0.1, 0.15) is 37.1 Å². The van der Waals surface area contributed by atoms with Crippen LogP contribution in [0.25, 0.3) is 0 Å². The highest BCUT2D eigenvalue weighted by molar-refractivity contribution is 5.92. The Kier molecular flexibility index (Phi) is 3.52. The second-order valence-electron chi connectivity index (χ2n) is 5.74. The maximum absolute atomic E-state index is 12.5. The molecule has 1 saturated carbocycles. The number of hydrogen-bond donors (Lipinski definition) is 1. The van der Waals surface area contributed by atoms with Gasteiger partial charge in [-0.15, -0.1) is 0 Å². The van der Waals surface area contributed by atoms with Crippen molar-refractivity contribution in [1.82, 2.24) is 10.2 Å². The number of aryl methyl sites for hydroxylation is 1. The molecule has 1 unspecified atom stereocenters. The highest BCUT2D eigenvalue weighted by atomic mass is 16.5. The molecule has 20 heavy (non-hydrogen) atoms. The van der Waals surface area contributed by atoms with Crippen molar-refractivity contribution in [3.8, 4) is 0 Å². The second-order valence-corrected chi connectivity index (χ2v) is 5.74. The average molecular weight is 274 g/mol. The topological polar surface area (TPSA) is 41.6 Å². The van der Waals surface area contributed by atoms with Crippen LogP contribution in [0.2, 0.25) is 0 Å². The van der Waals surface area contributed by atoms with E-state index in [1.165, 1.54) is 5.56 Å². The maximum Gasteiger partial charge on any atom is 0.244 e. The number of nitrogens with one attached hydrogen (secondary N) is 1. The first kappa shape index (κ1) is 13.6. The lowest BCUT2D eigenvalue weighted by Crippen LogP contribution is -2.34. The molecule has 1 aromatic rings. The van der Waals surface area contributed by atoms with E-state index in [1.807, 2.05) is 11.8 Å². The number of benzene rings is 1. The van der Waals surface area contributed by atoms with Crippen molar-refractivity contribution < 1.29 is 9.53 Å². The molecule has 4 nitrogen and oxygen atoms in total. The van der Waals surface area contributed by atoms with Crippen LogP contribution in [0.15, 0.2) is 24.3 Å². The molecule has 1 saturated heterocycles. The molecule has 1 N–H and O–H groups in total. The molecule has 1 amide bonds. The van der Waals surface area contributed by atoms with Gasteiger partial charge in [0.2, 0.25) is 5.91 Å². The zero-order chi connectivity index (χ0) is 14.2. The Morgan fingerprint density at radius 2 is 2.05 bits per heavy atom. The van der Waals surface area contributed by atoms with Crippen molar-refractivity contribution in [2.45, 2.75) is 38.4 Å². The Bertz CT molecular complexity index is 494. The zero-order valence-corrected chi connectivity index (χ0v) is 12.2. The van der Waals surface area contributed by atoms with E-state index < -0.39 is 0 Å². The molecule has 0 aromatic heterocycles. The summed E-state index contributed by atoms with van der Waals surface area (Å²) in [6, 6.07) is 8.41. The highest BCUT2D eigenvalue weighted by Gasteiger charge is 2.59.